The van der Waals surface area contributed by atoms with Crippen LogP contribution in [0.1, 0.15) is 21.5 Å². The number of hydrogen-bond acceptors (Lipinski definition) is 3. The first kappa shape index (κ1) is 20.3. The number of carbonyl (C=O) groups is 2. The first-order chi connectivity index (χ1) is 14.7. The Morgan fingerprint density at radius 2 is 1.71 bits per heavy atom. The number of halogens is 3. The SMILES string of the molecule is Cc1ccc2c(c1)NC(=O)c1cc(NC(=O)Nc3ccccc3C(F)(F)F)ccc1O2. The molecule has 3 amide bonds. The third-order valence-corrected chi connectivity index (χ3v) is 4.57. The summed E-state index contributed by atoms with van der Waals surface area (Å²) in [6.45, 7) is 1.88. The van der Waals surface area contributed by atoms with E-state index in [1.807, 2.05) is 13.0 Å². The van der Waals surface area contributed by atoms with Crippen LogP contribution in [-0.4, -0.2) is 11.9 Å². The Balaban J connectivity index is 1.55. The second-order valence-corrected chi connectivity index (χ2v) is 6.89. The van der Waals surface area contributed by atoms with Gasteiger partial charge in [0.05, 0.1) is 22.5 Å². The van der Waals surface area contributed by atoms with Gasteiger partial charge < -0.3 is 20.7 Å². The number of amides is 3. The van der Waals surface area contributed by atoms with Crippen LogP contribution in [-0.2, 0) is 6.18 Å². The molecule has 31 heavy (non-hydrogen) atoms. The maximum absolute atomic E-state index is 13.1. The fourth-order valence-electron chi connectivity index (χ4n) is 3.14. The number of ether oxygens (including phenoxy) is 1. The van der Waals surface area contributed by atoms with Gasteiger partial charge in [-0.1, -0.05) is 18.2 Å². The van der Waals surface area contributed by atoms with Gasteiger partial charge in [-0.3, -0.25) is 4.79 Å². The molecule has 0 atom stereocenters. The first-order valence-electron chi connectivity index (χ1n) is 9.19. The Labute approximate surface area is 175 Å². The molecule has 1 aliphatic heterocycles. The number of urea groups is 1. The molecule has 3 N–H and O–H groups in total. The van der Waals surface area contributed by atoms with Crippen LogP contribution in [0.4, 0.5) is 35.0 Å². The zero-order valence-corrected chi connectivity index (χ0v) is 16.1. The molecule has 0 aromatic heterocycles. The third kappa shape index (κ3) is 4.30. The Morgan fingerprint density at radius 1 is 0.968 bits per heavy atom. The number of rotatable bonds is 2. The molecule has 1 heterocycles. The molecule has 0 saturated carbocycles. The number of para-hydroxylation sites is 1. The van der Waals surface area contributed by atoms with E-state index in [1.54, 1.807) is 12.1 Å². The van der Waals surface area contributed by atoms with E-state index in [9.17, 15) is 22.8 Å². The Hall–Kier alpha value is -4.01. The minimum atomic E-state index is -4.61. The predicted molar refractivity (Wildman–Crippen MR) is 110 cm³/mol. The molecule has 0 aliphatic carbocycles. The van der Waals surface area contributed by atoms with Crippen LogP contribution < -0.4 is 20.7 Å². The van der Waals surface area contributed by atoms with Crippen molar-refractivity contribution < 1.29 is 27.5 Å². The molecule has 1 aliphatic rings. The van der Waals surface area contributed by atoms with Crippen LogP contribution >= 0.6 is 0 Å². The van der Waals surface area contributed by atoms with E-state index in [0.717, 1.165) is 17.7 Å². The first-order valence-corrected chi connectivity index (χ1v) is 9.19. The molecule has 3 aromatic rings. The fourth-order valence-corrected chi connectivity index (χ4v) is 3.14. The van der Waals surface area contributed by atoms with Crippen LogP contribution in [0.3, 0.4) is 0 Å². The standard InChI is InChI=1S/C22H16F3N3O3/c1-12-6-8-19-17(10-12)27-20(29)14-11-13(7-9-18(14)31-19)26-21(30)28-16-5-3-2-4-15(16)22(23,24)25/h2-11H,1H3,(H,27,29)(H2,26,28,30). The summed E-state index contributed by atoms with van der Waals surface area (Å²) in [5, 5.41) is 7.37. The van der Waals surface area contributed by atoms with Crippen molar-refractivity contribution in [2.75, 3.05) is 16.0 Å². The lowest BCUT2D eigenvalue weighted by Gasteiger charge is -2.14. The van der Waals surface area contributed by atoms with Crippen molar-refractivity contribution in [2.45, 2.75) is 13.1 Å². The summed E-state index contributed by atoms with van der Waals surface area (Å²) in [5.74, 6) is 0.319. The average molecular weight is 427 g/mol. The van der Waals surface area contributed by atoms with E-state index in [1.165, 1.54) is 30.3 Å². The number of hydrogen-bond donors (Lipinski definition) is 3. The van der Waals surface area contributed by atoms with E-state index >= 15 is 0 Å². The molecular formula is C22H16F3N3O3. The third-order valence-electron chi connectivity index (χ3n) is 4.57. The van der Waals surface area contributed by atoms with E-state index < -0.39 is 23.7 Å². The molecule has 0 saturated heterocycles. The number of aryl methyl sites for hydroxylation is 1. The topological polar surface area (TPSA) is 79.5 Å². The minimum Gasteiger partial charge on any atom is -0.454 e. The highest BCUT2D eigenvalue weighted by atomic mass is 19.4. The van der Waals surface area contributed by atoms with Crippen molar-refractivity contribution in [3.63, 3.8) is 0 Å². The zero-order chi connectivity index (χ0) is 22.2. The second kappa shape index (κ2) is 7.67. The van der Waals surface area contributed by atoms with Crippen molar-refractivity contribution in [1.82, 2.24) is 0 Å². The molecule has 3 aromatic carbocycles. The van der Waals surface area contributed by atoms with Gasteiger partial charge in [0.25, 0.3) is 5.91 Å². The molecule has 4 rings (SSSR count). The highest BCUT2D eigenvalue weighted by molar-refractivity contribution is 6.09. The van der Waals surface area contributed by atoms with Crippen LogP contribution in [0.25, 0.3) is 0 Å². The molecule has 158 valence electrons. The van der Waals surface area contributed by atoms with Crippen molar-refractivity contribution >= 4 is 29.0 Å². The maximum atomic E-state index is 13.1. The monoisotopic (exact) mass is 427 g/mol. The van der Waals surface area contributed by atoms with Gasteiger partial charge in [-0.2, -0.15) is 13.2 Å². The highest BCUT2D eigenvalue weighted by Crippen LogP contribution is 2.37. The summed E-state index contributed by atoms with van der Waals surface area (Å²) in [6.07, 6.45) is -4.61. The summed E-state index contributed by atoms with van der Waals surface area (Å²) >= 11 is 0. The van der Waals surface area contributed by atoms with Crippen LogP contribution in [0.15, 0.2) is 60.7 Å². The van der Waals surface area contributed by atoms with Gasteiger partial charge in [0, 0.05) is 5.69 Å². The number of benzene rings is 3. The number of alkyl halides is 3. The van der Waals surface area contributed by atoms with Gasteiger partial charge in [0.2, 0.25) is 0 Å². The summed E-state index contributed by atoms with van der Waals surface area (Å²) in [5.41, 5.74) is 0.482. The number of anilines is 3. The minimum absolute atomic E-state index is 0.169. The second-order valence-electron chi connectivity index (χ2n) is 6.89. The summed E-state index contributed by atoms with van der Waals surface area (Å²) in [7, 11) is 0. The summed E-state index contributed by atoms with van der Waals surface area (Å²) < 4.78 is 45.1. The smallest absolute Gasteiger partial charge is 0.418 e. The maximum Gasteiger partial charge on any atom is 0.418 e. The highest BCUT2D eigenvalue weighted by Gasteiger charge is 2.33. The van der Waals surface area contributed by atoms with Crippen LogP contribution in [0.2, 0.25) is 0 Å². The Morgan fingerprint density at radius 3 is 2.48 bits per heavy atom. The predicted octanol–water partition coefficient (Wildman–Crippen LogP) is 6.02. The van der Waals surface area contributed by atoms with Crippen molar-refractivity contribution in [3.05, 3.63) is 77.4 Å². The molecule has 0 fully saturated rings. The molecule has 0 spiro atoms. The van der Waals surface area contributed by atoms with Gasteiger partial charge in [-0.15, -0.1) is 0 Å². The molecule has 0 radical (unpaired) electrons. The van der Waals surface area contributed by atoms with Crippen molar-refractivity contribution in [2.24, 2.45) is 0 Å². The van der Waals surface area contributed by atoms with Crippen molar-refractivity contribution in [3.8, 4) is 11.5 Å². The van der Waals surface area contributed by atoms with Gasteiger partial charge in [-0.05, 0) is 55.0 Å². The lowest BCUT2D eigenvalue weighted by Crippen LogP contribution is -2.22. The zero-order valence-electron chi connectivity index (χ0n) is 16.1. The van der Waals surface area contributed by atoms with Crippen molar-refractivity contribution in [1.29, 1.82) is 0 Å². The van der Waals surface area contributed by atoms with Gasteiger partial charge in [0.15, 0.2) is 5.75 Å². The van der Waals surface area contributed by atoms with Crippen LogP contribution in [0.5, 0.6) is 11.5 Å². The molecular weight excluding hydrogens is 411 g/mol. The largest absolute Gasteiger partial charge is 0.454 e. The van der Waals surface area contributed by atoms with E-state index in [4.69, 9.17) is 4.74 Å². The van der Waals surface area contributed by atoms with E-state index in [-0.39, 0.29) is 22.7 Å². The van der Waals surface area contributed by atoms with Gasteiger partial charge in [0.1, 0.15) is 5.75 Å². The van der Waals surface area contributed by atoms with Gasteiger partial charge >= 0.3 is 12.2 Å². The quantitative estimate of drug-likeness (QED) is 0.468. The Kier molecular flexibility index (Phi) is 5.02. The van der Waals surface area contributed by atoms with Crippen LogP contribution in [0, 0.1) is 6.92 Å². The lowest BCUT2D eigenvalue weighted by molar-refractivity contribution is -0.136. The molecule has 0 unspecified atom stereocenters. The van der Waals surface area contributed by atoms with E-state index in [0.29, 0.717) is 11.4 Å². The number of fused-ring (bicyclic) bond motifs is 2. The number of carbonyl (C=O) groups excluding carboxylic acids is 2. The number of nitrogens with one attached hydrogen (secondary N) is 3. The molecule has 0 bridgehead atoms. The fraction of sp³-hybridized carbons (Fsp3) is 0.0909. The molecule has 9 heteroatoms. The normalized spacial score (nSPS) is 12.6. The summed E-state index contributed by atoms with van der Waals surface area (Å²) in [4.78, 5) is 24.9. The Bertz CT molecular complexity index is 1190. The average Bonchev–Trinajstić information content (AvgIpc) is 2.83. The van der Waals surface area contributed by atoms with Gasteiger partial charge in [-0.25, -0.2) is 4.79 Å². The molecule has 6 nitrogen and oxygen atoms in total. The lowest BCUT2D eigenvalue weighted by atomic mass is 10.1. The summed E-state index contributed by atoms with van der Waals surface area (Å²) in [6, 6.07) is 13.5. The van der Waals surface area contributed by atoms with E-state index in [2.05, 4.69) is 16.0 Å².